The first kappa shape index (κ1) is 15.3. The first-order chi connectivity index (χ1) is 11.1. The topological polar surface area (TPSA) is 62.0 Å². The molecule has 117 valence electrons. The zero-order valence-corrected chi connectivity index (χ0v) is 13.0. The van der Waals surface area contributed by atoms with Crippen molar-refractivity contribution in [1.82, 2.24) is 10.3 Å². The number of nitrogens with one attached hydrogen (secondary N) is 2. The molecule has 1 atom stereocenters. The van der Waals surface area contributed by atoms with Crippen molar-refractivity contribution in [2.75, 3.05) is 0 Å². The molecule has 0 bridgehead atoms. The summed E-state index contributed by atoms with van der Waals surface area (Å²) < 4.78 is 0. The molecule has 2 aromatic rings. The van der Waals surface area contributed by atoms with Gasteiger partial charge in [0.15, 0.2) is 5.78 Å². The number of amides is 1. The summed E-state index contributed by atoms with van der Waals surface area (Å²) in [6.45, 7) is 1.44. The number of rotatable bonds is 5. The lowest BCUT2D eigenvalue weighted by molar-refractivity contribution is -0.124. The van der Waals surface area contributed by atoms with Crippen molar-refractivity contribution >= 4 is 22.6 Å². The zero-order chi connectivity index (χ0) is 16.2. The van der Waals surface area contributed by atoms with Gasteiger partial charge < -0.3 is 10.3 Å². The van der Waals surface area contributed by atoms with E-state index in [9.17, 15) is 9.59 Å². The van der Waals surface area contributed by atoms with Gasteiger partial charge in [0.05, 0.1) is 6.04 Å². The number of benzene rings is 1. The highest BCUT2D eigenvalue weighted by atomic mass is 16.2. The van der Waals surface area contributed by atoms with E-state index in [4.69, 9.17) is 0 Å². The van der Waals surface area contributed by atoms with Crippen molar-refractivity contribution in [1.29, 1.82) is 0 Å². The van der Waals surface area contributed by atoms with Crippen molar-refractivity contribution in [2.24, 2.45) is 0 Å². The Hall–Kier alpha value is -2.62. The number of hydrogen-bond donors (Lipinski definition) is 2. The Balaban J connectivity index is 1.87. The third-order valence-corrected chi connectivity index (χ3v) is 3.96. The molecule has 1 aromatic heterocycles. The number of para-hydroxylation sites is 1. The van der Waals surface area contributed by atoms with E-state index in [1.165, 1.54) is 6.92 Å². The van der Waals surface area contributed by atoms with E-state index in [1.807, 2.05) is 49.0 Å². The highest BCUT2D eigenvalue weighted by Gasteiger charge is 2.24. The predicted octanol–water partition coefficient (Wildman–Crippen LogP) is 2.87. The van der Waals surface area contributed by atoms with Gasteiger partial charge in [-0.05, 0) is 24.5 Å². The van der Waals surface area contributed by atoms with Gasteiger partial charge in [-0.1, -0.05) is 36.4 Å². The number of aromatic nitrogens is 1. The number of ketones is 1. The molecular formula is C19H19N2O2. The van der Waals surface area contributed by atoms with Gasteiger partial charge >= 0.3 is 0 Å². The monoisotopic (exact) mass is 307 g/mol. The van der Waals surface area contributed by atoms with Gasteiger partial charge in [-0.3, -0.25) is 9.59 Å². The molecule has 1 aromatic carbocycles. The Morgan fingerprint density at radius 1 is 1.30 bits per heavy atom. The van der Waals surface area contributed by atoms with E-state index in [1.54, 1.807) is 6.08 Å². The number of H-pyrrole nitrogens is 1. The summed E-state index contributed by atoms with van der Waals surface area (Å²) in [5, 5.41) is 3.87. The average molecular weight is 307 g/mol. The van der Waals surface area contributed by atoms with Crippen LogP contribution in [-0.4, -0.2) is 22.7 Å². The molecular weight excluding hydrogens is 288 g/mol. The molecule has 0 spiro atoms. The summed E-state index contributed by atoms with van der Waals surface area (Å²) in [5.41, 5.74) is 2.72. The van der Waals surface area contributed by atoms with E-state index in [0.717, 1.165) is 22.9 Å². The van der Waals surface area contributed by atoms with Crippen LogP contribution in [0, 0.1) is 6.42 Å². The molecule has 23 heavy (non-hydrogen) atoms. The molecule has 4 heteroatoms. The van der Waals surface area contributed by atoms with Crippen LogP contribution in [0.2, 0.25) is 0 Å². The molecule has 0 fully saturated rings. The van der Waals surface area contributed by atoms with Gasteiger partial charge in [0.1, 0.15) is 0 Å². The lowest BCUT2D eigenvalue weighted by Crippen LogP contribution is -2.42. The van der Waals surface area contributed by atoms with Crippen molar-refractivity contribution in [2.45, 2.75) is 25.8 Å². The van der Waals surface area contributed by atoms with Gasteiger partial charge in [0, 0.05) is 36.0 Å². The van der Waals surface area contributed by atoms with Crippen LogP contribution in [0.15, 0.2) is 54.3 Å². The quantitative estimate of drug-likeness (QED) is 0.892. The number of hydrogen-bond acceptors (Lipinski definition) is 2. The normalized spacial score (nSPS) is 15.3. The second kappa shape index (κ2) is 6.65. The lowest BCUT2D eigenvalue weighted by atomic mass is 9.93. The molecule has 2 N–H and O–H groups in total. The number of fused-ring (bicyclic) bond motifs is 1. The fourth-order valence-electron chi connectivity index (χ4n) is 2.87. The molecule has 1 heterocycles. The van der Waals surface area contributed by atoms with Crippen molar-refractivity contribution in [3.05, 3.63) is 66.2 Å². The van der Waals surface area contributed by atoms with Crippen LogP contribution in [-0.2, 0) is 16.0 Å². The van der Waals surface area contributed by atoms with Gasteiger partial charge in [-0.15, -0.1) is 0 Å². The number of allylic oxidation sites excluding steroid dienone is 3. The van der Waals surface area contributed by atoms with Crippen LogP contribution in [0.25, 0.3) is 10.9 Å². The SMILES string of the molecule is CC(=O)N[C@H](Cc1c[nH]c2ccccc12)C(=O)C1=CC=CC[CH]1. The fourth-order valence-corrected chi connectivity index (χ4v) is 2.87. The van der Waals surface area contributed by atoms with Crippen LogP contribution < -0.4 is 5.32 Å². The maximum atomic E-state index is 12.7. The molecule has 0 saturated carbocycles. The standard InChI is InChI=1S/C19H19N2O2/c1-13(22)21-18(19(23)14-7-3-2-4-8-14)11-15-12-20-17-10-6-5-9-16(15)17/h2-3,5-10,12,18,20H,4,11H2,1H3,(H,21,22)/t18-/m1/s1. The second-order valence-corrected chi connectivity index (χ2v) is 5.67. The second-order valence-electron chi connectivity index (χ2n) is 5.67. The van der Waals surface area contributed by atoms with Crippen LogP contribution in [0.5, 0.6) is 0 Å². The molecule has 1 radical (unpaired) electrons. The molecule has 0 saturated heterocycles. The zero-order valence-electron chi connectivity index (χ0n) is 13.0. The highest BCUT2D eigenvalue weighted by Crippen LogP contribution is 2.21. The molecule has 1 aliphatic rings. The minimum Gasteiger partial charge on any atom is -0.361 e. The largest absolute Gasteiger partial charge is 0.361 e. The highest BCUT2D eigenvalue weighted by molar-refractivity contribution is 6.03. The number of Topliss-reactive ketones (excluding diaryl/α,β-unsaturated/α-hetero) is 1. The predicted molar refractivity (Wildman–Crippen MR) is 90.8 cm³/mol. The number of carbonyl (C=O) groups excluding carboxylic acids is 2. The van der Waals surface area contributed by atoms with E-state index >= 15 is 0 Å². The fraction of sp³-hybridized carbons (Fsp3) is 0.211. The lowest BCUT2D eigenvalue weighted by Gasteiger charge is -2.19. The first-order valence-corrected chi connectivity index (χ1v) is 7.71. The van der Waals surface area contributed by atoms with Gasteiger partial charge in [0.25, 0.3) is 0 Å². The summed E-state index contributed by atoms with van der Waals surface area (Å²) in [5.74, 6) is -0.245. The number of aromatic amines is 1. The van der Waals surface area contributed by atoms with Crippen LogP contribution in [0.1, 0.15) is 18.9 Å². The molecule has 0 unspecified atom stereocenters. The Morgan fingerprint density at radius 3 is 2.87 bits per heavy atom. The Bertz CT molecular complexity index is 799. The minimum atomic E-state index is -0.555. The molecule has 1 amide bonds. The van der Waals surface area contributed by atoms with Crippen LogP contribution in [0.4, 0.5) is 0 Å². The molecule has 0 aliphatic heterocycles. The third kappa shape index (κ3) is 3.42. The smallest absolute Gasteiger partial charge is 0.217 e. The summed E-state index contributed by atoms with van der Waals surface area (Å²) in [6.07, 6.45) is 10.7. The first-order valence-electron chi connectivity index (χ1n) is 7.71. The van der Waals surface area contributed by atoms with E-state index < -0.39 is 6.04 Å². The summed E-state index contributed by atoms with van der Waals surface area (Å²) in [4.78, 5) is 27.5. The van der Waals surface area contributed by atoms with Crippen molar-refractivity contribution in [3.8, 4) is 0 Å². The minimum absolute atomic E-state index is 0.0465. The van der Waals surface area contributed by atoms with Crippen LogP contribution >= 0.6 is 0 Å². The van der Waals surface area contributed by atoms with E-state index in [2.05, 4.69) is 10.3 Å². The van der Waals surface area contributed by atoms with E-state index in [0.29, 0.717) is 12.0 Å². The van der Waals surface area contributed by atoms with Crippen molar-refractivity contribution < 1.29 is 9.59 Å². The Morgan fingerprint density at radius 2 is 2.13 bits per heavy atom. The van der Waals surface area contributed by atoms with Gasteiger partial charge in [-0.25, -0.2) is 0 Å². The van der Waals surface area contributed by atoms with Crippen LogP contribution in [0.3, 0.4) is 0 Å². The van der Waals surface area contributed by atoms with E-state index in [-0.39, 0.29) is 11.7 Å². The molecule has 3 rings (SSSR count). The molecule has 1 aliphatic carbocycles. The summed E-state index contributed by atoms with van der Waals surface area (Å²) >= 11 is 0. The Kier molecular flexibility index (Phi) is 4.42. The maximum absolute atomic E-state index is 12.7. The van der Waals surface area contributed by atoms with Crippen molar-refractivity contribution in [3.63, 3.8) is 0 Å². The maximum Gasteiger partial charge on any atom is 0.217 e. The average Bonchev–Trinajstić information content (AvgIpc) is 2.97. The number of carbonyl (C=O) groups is 2. The summed E-state index contributed by atoms with van der Waals surface area (Å²) in [7, 11) is 0. The third-order valence-electron chi connectivity index (χ3n) is 3.96. The van der Waals surface area contributed by atoms with Gasteiger partial charge in [-0.2, -0.15) is 0 Å². The molecule has 4 nitrogen and oxygen atoms in total. The Labute approximate surface area is 135 Å². The summed E-state index contributed by atoms with van der Waals surface area (Å²) in [6, 6.07) is 7.40. The van der Waals surface area contributed by atoms with Gasteiger partial charge in [0.2, 0.25) is 5.91 Å².